The lowest BCUT2D eigenvalue weighted by atomic mass is 10.1. The van der Waals surface area contributed by atoms with E-state index in [2.05, 4.69) is 10.2 Å². The number of aromatic nitrogens is 3. The molecule has 0 N–H and O–H groups in total. The second-order valence-corrected chi connectivity index (χ2v) is 3.45. The Morgan fingerprint density at radius 1 is 1.44 bits per heavy atom. The first-order chi connectivity index (χ1) is 8.56. The fourth-order valence-corrected chi connectivity index (χ4v) is 1.57. The third kappa shape index (κ3) is 1.81. The molecule has 0 unspecified atom stereocenters. The summed E-state index contributed by atoms with van der Waals surface area (Å²) in [5, 5.41) is 17.7. The van der Waals surface area contributed by atoms with Crippen LogP contribution in [0.2, 0.25) is 0 Å². The highest BCUT2D eigenvalue weighted by atomic mass is 19.1. The van der Waals surface area contributed by atoms with Crippen molar-refractivity contribution in [2.45, 2.75) is 13.5 Å². The van der Waals surface area contributed by atoms with Gasteiger partial charge in [0, 0.05) is 12.6 Å². The maximum Gasteiger partial charge on any atom is 0.305 e. The highest BCUT2D eigenvalue weighted by Crippen LogP contribution is 2.30. The van der Waals surface area contributed by atoms with Gasteiger partial charge in [-0.3, -0.25) is 10.1 Å². The van der Waals surface area contributed by atoms with E-state index in [0.29, 0.717) is 6.54 Å². The van der Waals surface area contributed by atoms with Gasteiger partial charge in [-0.05, 0) is 13.0 Å². The van der Waals surface area contributed by atoms with Crippen molar-refractivity contribution in [1.82, 2.24) is 14.8 Å². The van der Waals surface area contributed by atoms with Crippen LogP contribution in [0.5, 0.6) is 0 Å². The molecule has 0 atom stereocenters. The topological polar surface area (TPSA) is 73.8 Å². The van der Waals surface area contributed by atoms with Crippen molar-refractivity contribution in [3.05, 3.63) is 40.2 Å². The van der Waals surface area contributed by atoms with Gasteiger partial charge >= 0.3 is 5.69 Å². The Morgan fingerprint density at radius 2 is 2.17 bits per heavy atom. The molecule has 0 fully saturated rings. The van der Waals surface area contributed by atoms with E-state index in [9.17, 15) is 18.9 Å². The van der Waals surface area contributed by atoms with Crippen LogP contribution in [0.3, 0.4) is 0 Å². The summed E-state index contributed by atoms with van der Waals surface area (Å²) in [5.41, 5.74) is -1.33. The molecule has 1 aromatic carbocycles. The van der Waals surface area contributed by atoms with Gasteiger partial charge in [0.15, 0.2) is 5.82 Å². The molecule has 0 aliphatic heterocycles. The molecule has 18 heavy (non-hydrogen) atoms. The summed E-state index contributed by atoms with van der Waals surface area (Å²) in [6.45, 7) is 2.13. The van der Waals surface area contributed by atoms with Gasteiger partial charge in [0.05, 0.1) is 10.5 Å². The maximum atomic E-state index is 13.9. The van der Waals surface area contributed by atoms with Crippen LogP contribution in [0.15, 0.2) is 18.5 Å². The molecule has 2 aromatic rings. The molecule has 6 nitrogen and oxygen atoms in total. The van der Waals surface area contributed by atoms with E-state index >= 15 is 0 Å². The van der Waals surface area contributed by atoms with Crippen molar-refractivity contribution in [3.63, 3.8) is 0 Å². The Balaban J connectivity index is 2.71. The summed E-state index contributed by atoms with van der Waals surface area (Å²) in [6.07, 6.45) is 1.30. The standard InChI is InChI=1S/C10H8F2N4O2/c1-2-15-5-13-14-10(15)8-6(11)3-4-7(9(8)12)16(17)18/h3-5H,2H2,1H3. The second kappa shape index (κ2) is 4.47. The van der Waals surface area contributed by atoms with Crippen molar-refractivity contribution < 1.29 is 13.7 Å². The lowest BCUT2D eigenvalue weighted by molar-refractivity contribution is -0.387. The summed E-state index contributed by atoms with van der Waals surface area (Å²) in [7, 11) is 0. The molecule has 0 spiro atoms. The number of rotatable bonds is 3. The molecular formula is C10H8F2N4O2. The number of aryl methyl sites for hydroxylation is 1. The Morgan fingerprint density at radius 3 is 2.78 bits per heavy atom. The van der Waals surface area contributed by atoms with Gasteiger partial charge in [0.1, 0.15) is 12.1 Å². The predicted molar refractivity (Wildman–Crippen MR) is 57.7 cm³/mol. The first-order valence-corrected chi connectivity index (χ1v) is 5.06. The second-order valence-electron chi connectivity index (χ2n) is 3.45. The molecule has 8 heteroatoms. The van der Waals surface area contributed by atoms with Gasteiger partial charge < -0.3 is 4.57 Å². The lowest BCUT2D eigenvalue weighted by Crippen LogP contribution is -2.03. The molecular weight excluding hydrogens is 246 g/mol. The van der Waals surface area contributed by atoms with Crippen LogP contribution in [0, 0.1) is 21.7 Å². The molecule has 94 valence electrons. The van der Waals surface area contributed by atoms with Gasteiger partial charge in [-0.25, -0.2) is 4.39 Å². The van der Waals surface area contributed by atoms with Crippen molar-refractivity contribution in [1.29, 1.82) is 0 Å². The van der Waals surface area contributed by atoms with E-state index in [1.807, 2.05) is 0 Å². The number of nitro groups is 1. The number of halogens is 2. The fourth-order valence-electron chi connectivity index (χ4n) is 1.57. The Hall–Kier alpha value is -2.38. The van der Waals surface area contributed by atoms with E-state index in [0.717, 1.165) is 12.1 Å². The molecule has 0 bridgehead atoms. The number of hydrogen-bond acceptors (Lipinski definition) is 4. The predicted octanol–water partition coefficient (Wildman–Crippen LogP) is 2.15. The summed E-state index contributed by atoms with van der Waals surface area (Å²) < 4.78 is 28.9. The minimum Gasteiger partial charge on any atom is -0.314 e. The number of nitro benzene ring substituents is 1. The van der Waals surface area contributed by atoms with Crippen molar-refractivity contribution in [2.75, 3.05) is 0 Å². The first-order valence-electron chi connectivity index (χ1n) is 5.06. The van der Waals surface area contributed by atoms with Gasteiger partial charge in [-0.1, -0.05) is 0 Å². The van der Waals surface area contributed by atoms with Crippen molar-refractivity contribution in [3.8, 4) is 11.4 Å². The Kier molecular flexibility index (Phi) is 3.00. The van der Waals surface area contributed by atoms with Crippen LogP contribution < -0.4 is 0 Å². The molecule has 1 aromatic heterocycles. The SMILES string of the molecule is CCn1cnnc1-c1c(F)ccc([N+](=O)[O-])c1F. The number of benzene rings is 1. The highest BCUT2D eigenvalue weighted by molar-refractivity contribution is 5.61. The van der Waals surface area contributed by atoms with E-state index in [1.165, 1.54) is 10.9 Å². The zero-order valence-electron chi connectivity index (χ0n) is 9.30. The van der Waals surface area contributed by atoms with Crippen LogP contribution in [0.4, 0.5) is 14.5 Å². The van der Waals surface area contributed by atoms with Crippen LogP contribution in [-0.4, -0.2) is 19.7 Å². The van der Waals surface area contributed by atoms with Gasteiger partial charge in [0.25, 0.3) is 0 Å². The average Bonchev–Trinajstić information content (AvgIpc) is 2.76. The smallest absolute Gasteiger partial charge is 0.305 e. The molecule has 0 saturated heterocycles. The Labute approximate surface area is 100 Å². The molecule has 0 aliphatic carbocycles. The number of hydrogen-bond donors (Lipinski definition) is 0. The summed E-state index contributed by atoms with van der Waals surface area (Å²) in [6, 6.07) is 1.62. The summed E-state index contributed by atoms with van der Waals surface area (Å²) >= 11 is 0. The fraction of sp³-hybridized carbons (Fsp3) is 0.200. The summed E-state index contributed by atoms with van der Waals surface area (Å²) in [4.78, 5) is 9.70. The van der Waals surface area contributed by atoms with Crippen LogP contribution >= 0.6 is 0 Å². The molecule has 0 radical (unpaired) electrons. The van der Waals surface area contributed by atoms with Crippen LogP contribution in [-0.2, 0) is 6.54 Å². The third-order valence-corrected chi connectivity index (χ3v) is 2.45. The van der Waals surface area contributed by atoms with Gasteiger partial charge in [0.2, 0.25) is 5.82 Å². The van der Waals surface area contributed by atoms with Gasteiger partial charge in [-0.2, -0.15) is 4.39 Å². The molecule has 0 saturated carbocycles. The minimum absolute atomic E-state index is 0.0730. The quantitative estimate of drug-likeness (QED) is 0.621. The van der Waals surface area contributed by atoms with Crippen LogP contribution in [0.1, 0.15) is 6.92 Å². The average molecular weight is 254 g/mol. The Bertz CT molecular complexity index is 612. The zero-order valence-corrected chi connectivity index (χ0v) is 9.30. The third-order valence-electron chi connectivity index (χ3n) is 2.45. The highest BCUT2D eigenvalue weighted by Gasteiger charge is 2.25. The monoisotopic (exact) mass is 254 g/mol. The molecule has 0 aliphatic rings. The van der Waals surface area contributed by atoms with Crippen LogP contribution in [0.25, 0.3) is 11.4 Å². The van der Waals surface area contributed by atoms with Crippen molar-refractivity contribution in [2.24, 2.45) is 0 Å². The van der Waals surface area contributed by atoms with Crippen molar-refractivity contribution >= 4 is 5.69 Å². The minimum atomic E-state index is -1.25. The largest absolute Gasteiger partial charge is 0.314 e. The summed E-state index contributed by atoms with van der Waals surface area (Å²) in [5.74, 6) is -2.24. The normalized spacial score (nSPS) is 10.6. The molecule has 0 amide bonds. The van der Waals surface area contributed by atoms with E-state index in [4.69, 9.17) is 0 Å². The zero-order chi connectivity index (χ0) is 13.3. The lowest BCUT2D eigenvalue weighted by Gasteiger charge is -2.06. The maximum absolute atomic E-state index is 13.9. The molecule has 2 rings (SSSR count). The first kappa shape index (κ1) is 12.1. The van der Waals surface area contributed by atoms with E-state index in [-0.39, 0.29) is 5.82 Å². The number of nitrogens with zero attached hydrogens (tertiary/aromatic N) is 4. The van der Waals surface area contributed by atoms with E-state index < -0.39 is 27.8 Å². The molecule has 1 heterocycles. The van der Waals surface area contributed by atoms with E-state index in [1.54, 1.807) is 6.92 Å². The van der Waals surface area contributed by atoms with Gasteiger partial charge in [-0.15, -0.1) is 10.2 Å².